The zero-order valence-corrected chi connectivity index (χ0v) is 15.2. The quantitative estimate of drug-likeness (QED) is 0.798. The molecule has 7 heteroatoms. The maximum absolute atomic E-state index is 12.2. The summed E-state index contributed by atoms with van der Waals surface area (Å²) in [5.41, 5.74) is -1.39. The van der Waals surface area contributed by atoms with Gasteiger partial charge < -0.3 is 25.0 Å². The van der Waals surface area contributed by atoms with Gasteiger partial charge in [-0.3, -0.25) is 4.79 Å². The van der Waals surface area contributed by atoms with Gasteiger partial charge in [0.15, 0.2) is 0 Å². The van der Waals surface area contributed by atoms with Gasteiger partial charge in [0.05, 0.1) is 12.1 Å². The Balaban J connectivity index is 2.38. The Morgan fingerprint density at radius 3 is 2.00 bits per heavy atom. The number of amides is 2. The molecule has 7 nitrogen and oxygen atoms in total. The summed E-state index contributed by atoms with van der Waals surface area (Å²) in [6.45, 7) is 12.9. The van der Waals surface area contributed by atoms with E-state index in [0.717, 1.165) is 0 Å². The maximum atomic E-state index is 12.2. The molecule has 1 aliphatic heterocycles. The Hall–Kier alpha value is -1.34. The van der Waals surface area contributed by atoms with E-state index in [4.69, 9.17) is 4.74 Å². The van der Waals surface area contributed by atoms with Crippen LogP contribution in [0, 0.1) is 0 Å². The highest BCUT2D eigenvalue weighted by molar-refractivity contribution is 5.78. The number of nitrogens with zero attached hydrogens (tertiary/aromatic N) is 2. The fraction of sp³-hybridized carbons (Fsp3) is 0.875. The van der Waals surface area contributed by atoms with Gasteiger partial charge in [-0.2, -0.15) is 0 Å². The third-order valence-corrected chi connectivity index (χ3v) is 3.90. The minimum atomic E-state index is -0.879. The van der Waals surface area contributed by atoms with Gasteiger partial charge in [0.25, 0.3) is 0 Å². The standard InChI is InChI=1S/C16H31N3O4/c1-12(16(5,6)22)17-11-13(20)18-7-9-19(10-8-18)14(21)23-15(2,3)4/h12,17,22H,7-11H2,1-6H3. The van der Waals surface area contributed by atoms with E-state index in [9.17, 15) is 14.7 Å². The van der Waals surface area contributed by atoms with Gasteiger partial charge in [-0.1, -0.05) is 0 Å². The fourth-order valence-electron chi connectivity index (χ4n) is 2.07. The Labute approximate surface area is 139 Å². The molecule has 2 amide bonds. The molecule has 1 rings (SSSR count). The van der Waals surface area contributed by atoms with Crippen molar-refractivity contribution in [3.05, 3.63) is 0 Å². The molecule has 134 valence electrons. The summed E-state index contributed by atoms with van der Waals surface area (Å²) in [7, 11) is 0. The van der Waals surface area contributed by atoms with Gasteiger partial charge >= 0.3 is 6.09 Å². The van der Waals surface area contributed by atoms with Crippen LogP contribution >= 0.6 is 0 Å². The van der Waals surface area contributed by atoms with E-state index in [0.29, 0.717) is 26.2 Å². The largest absolute Gasteiger partial charge is 0.444 e. The molecule has 0 aliphatic carbocycles. The number of nitrogens with one attached hydrogen (secondary N) is 1. The molecule has 0 aromatic rings. The summed E-state index contributed by atoms with van der Waals surface area (Å²) < 4.78 is 5.33. The Kier molecular flexibility index (Phi) is 6.41. The van der Waals surface area contributed by atoms with Crippen LogP contribution in [0.5, 0.6) is 0 Å². The molecule has 1 heterocycles. The highest BCUT2D eigenvalue weighted by atomic mass is 16.6. The second-order valence-electron chi connectivity index (χ2n) is 7.60. The summed E-state index contributed by atoms with van der Waals surface area (Å²) in [6.07, 6.45) is -0.335. The van der Waals surface area contributed by atoms with Crippen molar-refractivity contribution in [2.24, 2.45) is 0 Å². The van der Waals surface area contributed by atoms with Crippen LogP contribution in [0.15, 0.2) is 0 Å². The second-order valence-corrected chi connectivity index (χ2v) is 7.60. The van der Waals surface area contributed by atoms with Crippen molar-refractivity contribution >= 4 is 12.0 Å². The number of carbonyl (C=O) groups excluding carboxylic acids is 2. The second kappa shape index (κ2) is 7.49. The zero-order chi connectivity index (χ0) is 17.8. The molecule has 0 radical (unpaired) electrons. The summed E-state index contributed by atoms with van der Waals surface area (Å²) in [6, 6.07) is -0.186. The van der Waals surface area contributed by atoms with Crippen molar-refractivity contribution in [1.82, 2.24) is 15.1 Å². The minimum absolute atomic E-state index is 0.0232. The van der Waals surface area contributed by atoms with Gasteiger partial charge in [0.1, 0.15) is 5.60 Å². The highest BCUT2D eigenvalue weighted by Gasteiger charge is 2.28. The third kappa shape index (κ3) is 6.74. The fourth-order valence-corrected chi connectivity index (χ4v) is 2.07. The predicted molar refractivity (Wildman–Crippen MR) is 88.1 cm³/mol. The summed E-state index contributed by atoms with van der Waals surface area (Å²) in [4.78, 5) is 27.5. The van der Waals surface area contributed by atoms with Crippen LogP contribution in [0.1, 0.15) is 41.5 Å². The molecule has 2 N–H and O–H groups in total. The first kappa shape index (κ1) is 19.7. The maximum Gasteiger partial charge on any atom is 0.410 e. The smallest absolute Gasteiger partial charge is 0.410 e. The first-order valence-electron chi connectivity index (χ1n) is 8.11. The average molecular weight is 329 g/mol. The van der Waals surface area contributed by atoms with E-state index < -0.39 is 11.2 Å². The van der Waals surface area contributed by atoms with Crippen molar-refractivity contribution in [2.45, 2.75) is 58.8 Å². The van der Waals surface area contributed by atoms with Gasteiger partial charge in [0, 0.05) is 32.2 Å². The Bertz CT molecular complexity index is 418. The lowest BCUT2D eigenvalue weighted by Gasteiger charge is -2.36. The molecule has 1 unspecified atom stereocenters. The molecular formula is C16H31N3O4. The topological polar surface area (TPSA) is 82.1 Å². The Morgan fingerprint density at radius 2 is 1.57 bits per heavy atom. The van der Waals surface area contributed by atoms with Crippen molar-refractivity contribution < 1.29 is 19.4 Å². The van der Waals surface area contributed by atoms with Crippen molar-refractivity contribution in [1.29, 1.82) is 0 Å². The van der Waals surface area contributed by atoms with Gasteiger partial charge in [-0.25, -0.2) is 4.79 Å². The van der Waals surface area contributed by atoms with E-state index in [-0.39, 0.29) is 24.6 Å². The lowest BCUT2D eigenvalue weighted by molar-refractivity contribution is -0.132. The van der Waals surface area contributed by atoms with Crippen LogP contribution in [-0.2, 0) is 9.53 Å². The van der Waals surface area contributed by atoms with E-state index >= 15 is 0 Å². The normalized spacial score (nSPS) is 17.9. The molecular weight excluding hydrogens is 298 g/mol. The molecule has 0 aromatic carbocycles. The number of hydrogen-bond donors (Lipinski definition) is 2. The number of carbonyl (C=O) groups is 2. The van der Waals surface area contributed by atoms with Crippen molar-refractivity contribution in [3.63, 3.8) is 0 Å². The number of hydrogen-bond acceptors (Lipinski definition) is 5. The number of rotatable bonds is 4. The predicted octanol–water partition coefficient (Wildman–Crippen LogP) is 0.815. The SMILES string of the molecule is CC(NCC(=O)N1CCN(C(=O)OC(C)(C)C)CC1)C(C)(C)O. The van der Waals surface area contributed by atoms with E-state index in [1.807, 2.05) is 27.7 Å². The van der Waals surface area contributed by atoms with E-state index in [1.165, 1.54) is 0 Å². The van der Waals surface area contributed by atoms with Crippen LogP contribution in [0.25, 0.3) is 0 Å². The lowest BCUT2D eigenvalue weighted by Crippen LogP contribution is -2.54. The molecule has 0 spiro atoms. The summed E-state index contributed by atoms with van der Waals surface area (Å²) >= 11 is 0. The zero-order valence-electron chi connectivity index (χ0n) is 15.2. The number of ether oxygens (including phenoxy) is 1. The molecule has 0 aromatic heterocycles. The van der Waals surface area contributed by atoms with Crippen LogP contribution in [-0.4, -0.2) is 76.9 Å². The first-order valence-corrected chi connectivity index (χ1v) is 8.11. The number of aliphatic hydroxyl groups is 1. The van der Waals surface area contributed by atoms with Gasteiger partial charge in [-0.15, -0.1) is 0 Å². The van der Waals surface area contributed by atoms with Crippen LogP contribution < -0.4 is 5.32 Å². The van der Waals surface area contributed by atoms with Crippen LogP contribution in [0.3, 0.4) is 0 Å². The third-order valence-electron chi connectivity index (χ3n) is 3.90. The summed E-state index contributed by atoms with van der Waals surface area (Å²) in [5, 5.41) is 12.9. The van der Waals surface area contributed by atoms with Crippen molar-refractivity contribution in [3.8, 4) is 0 Å². The lowest BCUT2D eigenvalue weighted by atomic mass is 10.0. The molecule has 1 saturated heterocycles. The molecule has 0 bridgehead atoms. The van der Waals surface area contributed by atoms with Gasteiger partial charge in [0.2, 0.25) is 5.91 Å². The minimum Gasteiger partial charge on any atom is -0.444 e. The first-order chi connectivity index (χ1) is 10.4. The monoisotopic (exact) mass is 329 g/mol. The average Bonchev–Trinajstić information content (AvgIpc) is 2.41. The molecule has 1 fully saturated rings. The molecule has 1 aliphatic rings. The molecule has 23 heavy (non-hydrogen) atoms. The number of piperazine rings is 1. The Morgan fingerprint density at radius 1 is 1.09 bits per heavy atom. The van der Waals surface area contributed by atoms with E-state index in [1.54, 1.807) is 23.6 Å². The highest BCUT2D eigenvalue weighted by Crippen LogP contribution is 2.12. The molecule has 1 atom stereocenters. The van der Waals surface area contributed by atoms with Crippen LogP contribution in [0.4, 0.5) is 4.79 Å². The van der Waals surface area contributed by atoms with Gasteiger partial charge in [-0.05, 0) is 41.5 Å². The van der Waals surface area contributed by atoms with E-state index in [2.05, 4.69) is 5.32 Å². The summed E-state index contributed by atoms with van der Waals surface area (Å²) in [5.74, 6) is -0.0232. The van der Waals surface area contributed by atoms with Crippen molar-refractivity contribution in [2.75, 3.05) is 32.7 Å². The molecule has 0 saturated carbocycles. The van der Waals surface area contributed by atoms with Crippen LogP contribution in [0.2, 0.25) is 0 Å².